The largest absolute Gasteiger partial charge is 0.370 e. The SMILES string of the molecule is CC(=O)c1ccc(Nc2cc(NCCc3ccccc3F)ncn2)cc1. The maximum Gasteiger partial charge on any atom is 0.159 e. The lowest BCUT2D eigenvalue weighted by Gasteiger charge is -2.09. The average Bonchev–Trinajstić information content (AvgIpc) is 2.64. The molecule has 0 saturated heterocycles. The molecule has 0 saturated carbocycles. The Morgan fingerprint density at radius 2 is 1.77 bits per heavy atom. The third-order valence-corrected chi connectivity index (χ3v) is 3.89. The molecular formula is C20H19FN4O. The third kappa shape index (κ3) is 4.63. The molecular weight excluding hydrogens is 331 g/mol. The van der Waals surface area contributed by atoms with E-state index in [9.17, 15) is 9.18 Å². The van der Waals surface area contributed by atoms with Crippen LogP contribution in [0.2, 0.25) is 0 Å². The van der Waals surface area contributed by atoms with Gasteiger partial charge in [0.05, 0.1) is 0 Å². The summed E-state index contributed by atoms with van der Waals surface area (Å²) in [4.78, 5) is 19.7. The van der Waals surface area contributed by atoms with Crippen LogP contribution < -0.4 is 10.6 Å². The van der Waals surface area contributed by atoms with Crippen molar-refractivity contribution < 1.29 is 9.18 Å². The Hall–Kier alpha value is -3.28. The molecule has 0 atom stereocenters. The Labute approximate surface area is 151 Å². The van der Waals surface area contributed by atoms with Crippen molar-refractivity contribution in [1.82, 2.24) is 9.97 Å². The summed E-state index contributed by atoms with van der Waals surface area (Å²) < 4.78 is 13.6. The first-order valence-corrected chi connectivity index (χ1v) is 8.29. The fraction of sp³-hybridized carbons (Fsp3) is 0.150. The zero-order valence-corrected chi connectivity index (χ0v) is 14.4. The molecule has 0 bridgehead atoms. The number of aromatic nitrogens is 2. The van der Waals surface area contributed by atoms with E-state index in [0.717, 1.165) is 5.69 Å². The molecule has 26 heavy (non-hydrogen) atoms. The Balaban J connectivity index is 1.59. The fourth-order valence-corrected chi connectivity index (χ4v) is 2.48. The molecule has 0 radical (unpaired) electrons. The van der Waals surface area contributed by atoms with E-state index in [4.69, 9.17) is 0 Å². The smallest absolute Gasteiger partial charge is 0.159 e. The van der Waals surface area contributed by atoms with Crippen LogP contribution in [0.5, 0.6) is 0 Å². The summed E-state index contributed by atoms with van der Waals surface area (Å²) in [6, 6.07) is 15.7. The van der Waals surface area contributed by atoms with Crippen LogP contribution in [-0.2, 0) is 6.42 Å². The number of hydrogen-bond donors (Lipinski definition) is 2. The van der Waals surface area contributed by atoms with E-state index in [1.54, 1.807) is 30.3 Å². The van der Waals surface area contributed by atoms with E-state index in [-0.39, 0.29) is 11.6 Å². The van der Waals surface area contributed by atoms with Crippen molar-refractivity contribution in [1.29, 1.82) is 0 Å². The topological polar surface area (TPSA) is 66.9 Å². The Bertz CT molecular complexity index is 896. The van der Waals surface area contributed by atoms with Gasteiger partial charge in [-0.1, -0.05) is 18.2 Å². The highest BCUT2D eigenvalue weighted by molar-refractivity contribution is 5.94. The van der Waals surface area contributed by atoms with Crippen LogP contribution in [-0.4, -0.2) is 22.3 Å². The molecule has 0 amide bonds. The molecule has 0 aliphatic rings. The molecule has 2 aromatic carbocycles. The van der Waals surface area contributed by atoms with Gasteiger partial charge in [0.2, 0.25) is 0 Å². The second-order valence-electron chi connectivity index (χ2n) is 5.82. The first kappa shape index (κ1) is 17.5. The van der Waals surface area contributed by atoms with Gasteiger partial charge in [0.1, 0.15) is 23.8 Å². The molecule has 3 rings (SSSR count). The molecule has 3 aromatic rings. The average molecular weight is 350 g/mol. The summed E-state index contributed by atoms with van der Waals surface area (Å²) in [5, 5.41) is 6.33. The van der Waals surface area contributed by atoms with Gasteiger partial charge >= 0.3 is 0 Å². The number of anilines is 3. The minimum Gasteiger partial charge on any atom is -0.370 e. The molecule has 5 nitrogen and oxygen atoms in total. The second kappa shape index (κ2) is 8.20. The van der Waals surface area contributed by atoms with Crippen LogP contribution in [0.3, 0.4) is 0 Å². The van der Waals surface area contributed by atoms with Crippen LogP contribution in [0, 0.1) is 5.82 Å². The minimum atomic E-state index is -0.201. The standard InChI is InChI=1S/C20H19FN4O/c1-14(26)15-6-8-17(9-7-15)25-20-12-19(23-13-24-20)22-11-10-16-4-2-3-5-18(16)21/h2-9,12-13H,10-11H2,1H3,(H2,22,23,24,25). The van der Waals surface area contributed by atoms with Crippen LogP contribution in [0.1, 0.15) is 22.8 Å². The summed E-state index contributed by atoms with van der Waals surface area (Å²) in [5.41, 5.74) is 2.15. The highest BCUT2D eigenvalue weighted by atomic mass is 19.1. The number of rotatable bonds is 7. The maximum atomic E-state index is 13.6. The highest BCUT2D eigenvalue weighted by Crippen LogP contribution is 2.17. The predicted octanol–water partition coefficient (Wildman–Crippen LogP) is 4.22. The summed E-state index contributed by atoms with van der Waals surface area (Å²) in [6.45, 7) is 2.09. The minimum absolute atomic E-state index is 0.0277. The summed E-state index contributed by atoms with van der Waals surface area (Å²) >= 11 is 0. The van der Waals surface area contributed by atoms with Crippen LogP contribution in [0.15, 0.2) is 60.9 Å². The van der Waals surface area contributed by atoms with Crippen LogP contribution in [0.4, 0.5) is 21.7 Å². The van der Waals surface area contributed by atoms with Gasteiger partial charge < -0.3 is 10.6 Å². The molecule has 132 valence electrons. The molecule has 6 heteroatoms. The monoisotopic (exact) mass is 350 g/mol. The normalized spacial score (nSPS) is 10.4. The second-order valence-corrected chi connectivity index (χ2v) is 5.82. The molecule has 2 N–H and O–H groups in total. The van der Waals surface area contributed by atoms with Crippen molar-refractivity contribution in [3.05, 3.63) is 77.9 Å². The van der Waals surface area contributed by atoms with E-state index in [2.05, 4.69) is 20.6 Å². The van der Waals surface area contributed by atoms with E-state index in [1.807, 2.05) is 18.2 Å². The summed E-state index contributed by atoms with van der Waals surface area (Å²) in [6.07, 6.45) is 2.02. The maximum absolute atomic E-state index is 13.6. The molecule has 0 spiro atoms. The zero-order valence-electron chi connectivity index (χ0n) is 14.4. The molecule has 1 heterocycles. The number of carbonyl (C=O) groups is 1. The molecule has 0 unspecified atom stereocenters. The summed E-state index contributed by atoms with van der Waals surface area (Å²) in [5.74, 6) is 1.11. The molecule has 0 aliphatic carbocycles. The van der Waals surface area contributed by atoms with Crippen molar-refractivity contribution in [3.8, 4) is 0 Å². The number of carbonyl (C=O) groups excluding carboxylic acids is 1. The lowest BCUT2D eigenvalue weighted by molar-refractivity contribution is 0.101. The third-order valence-electron chi connectivity index (χ3n) is 3.89. The number of ketones is 1. The fourth-order valence-electron chi connectivity index (χ4n) is 2.48. The molecule has 1 aromatic heterocycles. The Morgan fingerprint density at radius 3 is 2.50 bits per heavy atom. The molecule has 0 fully saturated rings. The van der Waals surface area contributed by atoms with Crippen LogP contribution in [0.25, 0.3) is 0 Å². The highest BCUT2D eigenvalue weighted by Gasteiger charge is 2.03. The predicted molar refractivity (Wildman–Crippen MR) is 100 cm³/mol. The first-order valence-electron chi connectivity index (χ1n) is 8.29. The van der Waals surface area contributed by atoms with Crippen LogP contribution >= 0.6 is 0 Å². The van der Waals surface area contributed by atoms with Gasteiger partial charge in [-0.3, -0.25) is 4.79 Å². The van der Waals surface area contributed by atoms with E-state index in [1.165, 1.54) is 19.3 Å². The van der Waals surface area contributed by atoms with Crippen molar-refractivity contribution in [3.63, 3.8) is 0 Å². The zero-order chi connectivity index (χ0) is 18.4. The van der Waals surface area contributed by atoms with E-state index < -0.39 is 0 Å². The summed E-state index contributed by atoms with van der Waals surface area (Å²) in [7, 11) is 0. The number of hydrogen-bond acceptors (Lipinski definition) is 5. The quantitative estimate of drug-likeness (QED) is 0.625. The number of benzene rings is 2. The van der Waals surface area contributed by atoms with Gasteiger partial charge in [-0.05, 0) is 49.2 Å². The van der Waals surface area contributed by atoms with Crippen molar-refractivity contribution in [2.24, 2.45) is 0 Å². The van der Waals surface area contributed by atoms with Gasteiger partial charge in [0.15, 0.2) is 5.78 Å². The van der Waals surface area contributed by atoms with Gasteiger partial charge in [0.25, 0.3) is 0 Å². The molecule has 0 aliphatic heterocycles. The number of halogens is 1. The van der Waals surface area contributed by atoms with Gasteiger partial charge in [-0.2, -0.15) is 0 Å². The number of Topliss-reactive ketones (excluding diaryl/α,β-unsaturated/α-hetero) is 1. The lowest BCUT2D eigenvalue weighted by atomic mass is 10.1. The van der Waals surface area contributed by atoms with Crippen molar-refractivity contribution >= 4 is 23.1 Å². The van der Waals surface area contributed by atoms with Crippen molar-refractivity contribution in [2.75, 3.05) is 17.2 Å². The Kier molecular flexibility index (Phi) is 5.53. The van der Waals surface area contributed by atoms with Gasteiger partial charge in [-0.25, -0.2) is 14.4 Å². The first-order chi connectivity index (χ1) is 12.6. The Morgan fingerprint density at radius 1 is 1.04 bits per heavy atom. The number of nitrogens with zero attached hydrogens (tertiary/aromatic N) is 2. The van der Waals surface area contributed by atoms with Gasteiger partial charge in [-0.15, -0.1) is 0 Å². The van der Waals surface area contributed by atoms with Gasteiger partial charge in [0, 0.05) is 23.9 Å². The van der Waals surface area contributed by atoms with E-state index >= 15 is 0 Å². The van der Waals surface area contributed by atoms with Crippen molar-refractivity contribution in [2.45, 2.75) is 13.3 Å². The number of nitrogens with one attached hydrogen (secondary N) is 2. The lowest BCUT2D eigenvalue weighted by Crippen LogP contribution is -2.08. The van der Waals surface area contributed by atoms with E-state index in [0.29, 0.717) is 35.7 Å².